The van der Waals surface area contributed by atoms with Crippen LogP contribution in [0.1, 0.15) is 30.2 Å². The molecule has 30 heavy (non-hydrogen) atoms. The van der Waals surface area contributed by atoms with Crippen molar-refractivity contribution in [2.45, 2.75) is 44.2 Å². The summed E-state index contributed by atoms with van der Waals surface area (Å²) >= 11 is 1.24. The summed E-state index contributed by atoms with van der Waals surface area (Å²) in [5.74, 6) is 0.576. The second-order valence-corrected chi connectivity index (χ2v) is 8.14. The molecule has 2 aromatic carbocycles. The molecule has 2 N–H and O–H groups in total. The number of aryl methyl sites for hydroxylation is 2. The van der Waals surface area contributed by atoms with E-state index in [2.05, 4.69) is 15.3 Å². The smallest absolute Gasteiger partial charge is 0.251 e. The number of thioether (sulfide) groups is 1. The number of carbonyl (C=O) groups excluding carboxylic acids is 1. The number of nitrogens with one attached hydrogen (secondary N) is 2. The van der Waals surface area contributed by atoms with Crippen molar-refractivity contribution in [2.75, 3.05) is 5.32 Å². The van der Waals surface area contributed by atoms with Crippen molar-refractivity contribution in [3.05, 3.63) is 81.8 Å². The van der Waals surface area contributed by atoms with E-state index in [0.29, 0.717) is 23.0 Å². The van der Waals surface area contributed by atoms with Gasteiger partial charge in [0, 0.05) is 11.8 Å². The number of amides is 1. The zero-order valence-electron chi connectivity index (χ0n) is 17.3. The Balaban J connectivity index is 1.68. The Morgan fingerprint density at radius 3 is 2.60 bits per heavy atom. The van der Waals surface area contributed by atoms with Crippen molar-refractivity contribution in [1.82, 2.24) is 9.97 Å². The lowest BCUT2D eigenvalue weighted by Crippen LogP contribution is -2.25. The number of hydrogen-bond donors (Lipinski definition) is 2. The Bertz CT molecular complexity index is 1070. The largest absolute Gasteiger partial charge is 0.487 e. The maximum Gasteiger partial charge on any atom is 0.251 e. The lowest BCUT2D eigenvalue weighted by molar-refractivity contribution is -0.115. The number of aromatic amines is 1. The summed E-state index contributed by atoms with van der Waals surface area (Å²) in [6.07, 6.45) is 0.593. The van der Waals surface area contributed by atoms with Gasteiger partial charge in [-0.25, -0.2) is 4.98 Å². The molecule has 0 aliphatic rings. The quantitative estimate of drug-likeness (QED) is 0.412. The van der Waals surface area contributed by atoms with E-state index in [0.717, 1.165) is 11.3 Å². The molecule has 3 aromatic rings. The lowest BCUT2D eigenvalue weighted by atomic mass is 10.1. The molecule has 6 nitrogen and oxygen atoms in total. The molecule has 7 heteroatoms. The van der Waals surface area contributed by atoms with Gasteiger partial charge < -0.3 is 15.0 Å². The Labute approximate surface area is 180 Å². The summed E-state index contributed by atoms with van der Waals surface area (Å²) < 4.78 is 5.68. The number of anilines is 1. The Morgan fingerprint density at radius 2 is 1.90 bits per heavy atom. The van der Waals surface area contributed by atoms with Crippen LogP contribution in [0.2, 0.25) is 0 Å². The number of benzene rings is 2. The third kappa shape index (κ3) is 5.97. The summed E-state index contributed by atoms with van der Waals surface area (Å²) in [6, 6.07) is 16.6. The average Bonchev–Trinajstić information content (AvgIpc) is 2.73. The molecule has 156 valence electrons. The van der Waals surface area contributed by atoms with Crippen LogP contribution in [0.3, 0.4) is 0 Å². The van der Waals surface area contributed by atoms with Crippen molar-refractivity contribution in [2.24, 2.45) is 0 Å². The van der Waals surface area contributed by atoms with Crippen molar-refractivity contribution < 1.29 is 9.53 Å². The summed E-state index contributed by atoms with van der Waals surface area (Å²) in [5, 5.41) is 2.96. The summed E-state index contributed by atoms with van der Waals surface area (Å²) in [5.41, 5.74) is 3.28. The topological polar surface area (TPSA) is 84.1 Å². The first-order chi connectivity index (χ1) is 14.4. The van der Waals surface area contributed by atoms with Crippen molar-refractivity contribution >= 4 is 23.4 Å². The van der Waals surface area contributed by atoms with Gasteiger partial charge in [0.15, 0.2) is 5.16 Å². The molecule has 0 aliphatic carbocycles. The highest BCUT2D eigenvalue weighted by molar-refractivity contribution is 8.00. The molecular formula is C23H25N3O3S. The first-order valence-corrected chi connectivity index (χ1v) is 10.7. The Kier molecular flexibility index (Phi) is 7.30. The van der Waals surface area contributed by atoms with Gasteiger partial charge in [0.05, 0.1) is 10.9 Å². The molecule has 0 radical (unpaired) electrons. The standard InChI is InChI=1S/C23H25N3O3S/c1-4-20(22(28)24-17-11-10-15(2)16(3)12-17)30-23-25-18(13-21(27)26-23)14-29-19-8-6-5-7-9-19/h5-13,20H,4,14H2,1-3H3,(H,24,28)(H,25,26,27). The zero-order chi connectivity index (χ0) is 21.5. The first-order valence-electron chi connectivity index (χ1n) is 9.77. The molecule has 3 rings (SSSR count). The molecule has 0 saturated carbocycles. The summed E-state index contributed by atoms with van der Waals surface area (Å²) in [7, 11) is 0. The van der Waals surface area contributed by atoms with Crippen molar-refractivity contribution in [1.29, 1.82) is 0 Å². The highest BCUT2D eigenvalue weighted by Crippen LogP contribution is 2.24. The average molecular weight is 424 g/mol. The Morgan fingerprint density at radius 1 is 1.13 bits per heavy atom. The van der Waals surface area contributed by atoms with Gasteiger partial charge in [0.25, 0.3) is 5.56 Å². The van der Waals surface area contributed by atoms with Gasteiger partial charge in [-0.2, -0.15) is 0 Å². The van der Waals surface area contributed by atoms with Crippen LogP contribution in [-0.4, -0.2) is 21.1 Å². The molecule has 0 saturated heterocycles. The van der Waals surface area contributed by atoms with E-state index in [4.69, 9.17) is 4.74 Å². The fraction of sp³-hybridized carbons (Fsp3) is 0.261. The van der Waals surface area contributed by atoms with Gasteiger partial charge in [-0.15, -0.1) is 0 Å². The molecule has 0 fully saturated rings. The number of rotatable bonds is 8. The van der Waals surface area contributed by atoms with Crippen LogP contribution in [-0.2, 0) is 11.4 Å². The minimum atomic E-state index is -0.389. The summed E-state index contributed by atoms with van der Waals surface area (Å²) in [4.78, 5) is 32.0. The van der Waals surface area contributed by atoms with Crippen molar-refractivity contribution in [3.8, 4) is 5.75 Å². The van der Waals surface area contributed by atoms with Crippen LogP contribution in [0.4, 0.5) is 5.69 Å². The maximum atomic E-state index is 12.7. The second-order valence-electron chi connectivity index (χ2n) is 6.95. The number of carbonyl (C=O) groups is 1. The molecule has 0 bridgehead atoms. The van der Waals surface area contributed by atoms with Crippen LogP contribution in [0.25, 0.3) is 0 Å². The number of para-hydroxylation sites is 1. The predicted molar refractivity (Wildman–Crippen MR) is 120 cm³/mol. The van der Waals surface area contributed by atoms with Crippen LogP contribution in [0.15, 0.2) is 64.5 Å². The lowest BCUT2D eigenvalue weighted by Gasteiger charge is -2.15. The molecule has 1 aromatic heterocycles. The predicted octanol–water partition coefficient (Wildman–Crippen LogP) is 4.48. The van der Waals surface area contributed by atoms with Gasteiger partial charge in [0.2, 0.25) is 5.91 Å². The number of aromatic nitrogens is 2. The summed E-state index contributed by atoms with van der Waals surface area (Å²) in [6.45, 7) is 6.14. The van der Waals surface area contributed by atoms with E-state index in [9.17, 15) is 9.59 Å². The molecule has 1 heterocycles. The van der Waals surface area contributed by atoms with Gasteiger partial charge in [-0.1, -0.05) is 43.0 Å². The third-order valence-electron chi connectivity index (χ3n) is 4.59. The van der Waals surface area contributed by atoms with E-state index in [-0.39, 0.29) is 23.3 Å². The van der Waals surface area contributed by atoms with Crippen molar-refractivity contribution in [3.63, 3.8) is 0 Å². The van der Waals surface area contributed by atoms with Crippen LogP contribution >= 0.6 is 11.8 Å². The monoisotopic (exact) mass is 423 g/mol. The van der Waals surface area contributed by atoms with Crippen LogP contribution in [0, 0.1) is 13.8 Å². The van der Waals surface area contributed by atoms with Gasteiger partial charge in [-0.3, -0.25) is 9.59 Å². The number of nitrogens with zero attached hydrogens (tertiary/aromatic N) is 1. The molecular weight excluding hydrogens is 398 g/mol. The minimum absolute atomic E-state index is 0.126. The Hall–Kier alpha value is -3.06. The second kappa shape index (κ2) is 10.1. The zero-order valence-corrected chi connectivity index (χ0v) is 18.1. The highest BCUT2D eigenvalue weighted by atomic mass is 32.2. The molecule has 0 spiro atoms. The highest BCUT2D eigenvalue weighted by Gasteiger charge is 2.20. The van der Waals surface area contributed by atoms with Gasteiger partial charge in [0.1, 0.15) is 12.4 Å². The van der Waals surface area contributed by atoms with E-state index in [1.165, 1.54) is 23.4 Å². The third-order valence-corrected chi connectivity index (χ3v) is 5.84. The fourth-order valence-electron chi connectivity index (χ4n) is 2.79. The molecule has 1 amide bonds. The molecule has 0 aliphatic heterocycles. The number of hydrogen-bond acceptors (Lipinski definition) is 5. The van der Waals surface area contributed by atoms with Gasteiger partial charge >= 0.3 is 0 Å². The van der Waals surface area contributed by atoms with Gasteiger partial charge in [-0.05, 0) is 55.7 Å². The number of H-pyrrole nitrogens is 1. The minimum Gasteiger partial charge on any atom is -0.487 e. The van der Waals surface area contributed by atoms with Crippen LogP contribution in [0.5, 0.6) is 5.75 Å². The molecule has 1 atom stereocenters. The first kappa shape index (κ1) is 21.6. The normalized spacial score (nSPS) is 11.7. The van der Waals surface area contributed by atoms with Crippen LogP contribution < -0.4 is 15.6 Å². The van der Waals surface area contributed by atoms with E-state index < -0.39 is 0 Å². The number of ether oxygens (including phenoxy) is 1. The van der Waals surface area contributed by atoms with E-state index in [1.807, 2.05) is 69.3 Å². The maximum absolute atomic E-state index is 12.7. The van der Waals surface area contributed by atoms with E-state index in [1.54, 1.807) is 0 Å². The molecule has 1 unspecified atom stereocenters. The SMILES string of the molecule is CCC(Sc1nc(COc2ccccc2)cc(=O)[nH]1)C(=O)Nc1ccc(C)c(C)c1. The fourth-order valence-corrected chi connectivity index (χ4v) is 3.72. The van der Waals surface area contributed by atoms with E-state index >= 15 is 0 Å².